The van der Waals surface area contributed by atoms with Gasteiger partial charge < -0.3 is 9.54 Å². The molecule has 4 heteroatoms. The summed E-state index contributed by atoms with van der Waals surface area (Å²) in [5, 5.41) is 0. The summed E-state index contributed by atoms with van der Waals surface area (Å²) in [4.78, 5) is 3.55. The molecule has 1 heterocycles. The second-order valence-electron chi connectivity index (χ2n) is 1.48. The molecule has 0 bridgehead atoms. The van der Waals surface area contributed by atoms with Gasteiger partial charge in [0.05, 0.1) is 4.90 Å². The first-order valence-electron chi connectivity index (χ1n) is 2.33. The number of pyridine rings is 1. The molecule has 2 N–H and O–H groups in total. The molecule has 0 aromatic carbocycles. The van der Waals surface area contributed by atoms with E-state index in [2.05, 4.69) is 4.98 Å². The number of aromatic amines is 1. The molecule has 0 spiro atoms. The number of H-pyrrole nitrogens is 1. The van der Waals surface area contributed by atoms with Crippen LogP contribution in [0.4, 0.5) is 0 Å². The van der Waals surface area contributed by atoms with Crippen molar-refractivity contribution in [2.45, 2.75) is 4.90 Å². The van der Waals surface area contributed by atoms with Gasteiger partial charge in [-0.05, 0) is 12.1 Å². The molecule has 0 fully saturated rings. The second-order valence-corrected chi connectivity index (χ2v) is 2.57. The standard InChI is InChI=1S/C5H5NOS2/c7-9-4-1-2-5(8)6-3-4/h1-3,7H,(H,6,8). The van der Waals surface area contributed by atoms with Gasteiger partial charge >= 0.3 is 0 Å². The topological polar surface area (TPSA) is 36.0 Å². The summed E-state index contributed by atoms with van der Waals surface area (Å²) >= 11 is 5.47. The molecule has 0 saturated heterocycles. The van der Waals surface area contributed by atoms with Crippen molar-refractivity contribution >= 4 is 24.3 Å². The highest BCUT2D eigenvalue weighted by Crippen LogP contribution is 2.10. The SMILES string of the molecule is OSc1ccc(=S)[nH]c1. The molecule has 0 unspecified atom stereocenters. The van der Waals surface area contributed by atoms with Crippen molar-refractivity contribution in [1.29, 1.82) is 0 Å². The Morgan fingerprint density at radius 2 is 2.33 bits per heavy atom. The molecule has 0 aliphatic rings. The number of rotatable bonds is 1. The summed E-state index contributed by atoms with van der Waals surface area (Å²) in [5.74, 6) is 0. The fraction of sp³-hybridized carbons (Fsp3) is 0. The average molecular weight is 159 g/mol. The number of nitrogens with one attached hydrogen (secondary N) is 1. The Bertz CT molecular complexity index is 224. The van der Waals surface area contributed by atoms with Gasteiger partial charge in [0.1, 0.15) is 4.64 Å². The highest BCUT2D eigenvalue weighted by Gasteiger charge is 1.85. The van der Waals surface area contributed by atoms with Crippen LogP contribution in [-0.4, -0.2) is 9.54 Å². The lowest BCUT2D eigenvalue weighted by molar-refractivity contribution is 0.663. The van der Waals surface area contributed by atoms with E-state index in [1.54, 1.807) is 18.3 Å². The summed E-state index contributed by atoms with van der Waals surface area (Å²) in [7, 11) is 0. The van der Waals surface area contributed by atoms with Crippen molar-refractivity contribution in [3.63, 3.8) is 0 Å². The lowest BCUT2D eigenvalue weighted by atomic mass is 10.5. The van der Waals surface area contributed by atoms with Crippen LogP contribution in [0.25, 0.3) is 0 Å². The minimum Gasteiger partial charge on any atom is -0.352 e. The van der Waals surface area contributed by atoms with Crippen LogP contribution in [0.5, 0.6) is 0 Å². The minimum atomic E-state index is 0.674. The van der Waals surface area contributed by atoms with Gasteiger partial charge in [-0.1, -0.05) is 12.2 Å². The fourth-order valence-corrected chi connectivity index (χ4v) is 0.821. The fourth-order valence-electron chi connectivity index (χ4n) is 0.453. The van der Waals surface area contributed by atoms with Gasteiger partial charge in [0.25, 0.3) is 0 Å². The zero-order valence-corrected chi connectivity index (χ0v) is 6.13. The molecular formula is C5H5NOS2. The van der Waals surface area contributed by atoms with E-state index >= 15 is 0 Å². The summed E-state index contributed by atoms with van der Waals surface area (Å²) in [6.45, 7) is 0. The molecule has 0 atom stereocenters. The Morgan fingerprint density at radius 3 is 2.78 bits per heavy atom. The monoisotopic (exact) mass is 159 g/mol. The molecule has 1 aromatic rings. The Labute approximate surface area is 62.1 Å². The summed E-state index contributed by atoms with van der Waals surface area (Å²) < 4.78 is 9.17. The lowest BCUT2D eigenvalue weighted by Gasteiger charge is -1.89. The predicted octanol–water partition coefficient (Wildman–Crippen LogP) is 2.31. The molecule has 0 saturated carbocycles. The Morgan fingerprint density at radius 1 is 1.56 bits per heavy atom. The van der Waals surface area contributed by atoms with E-state index in [1.807, 2.05) is 0 Å². The van der Waals surface area contributed by atoms with Crippen LogP contribution in [0, 0.1) is 4.64 Å². The largest absolute Gasteiger partial charge is 0.352 e. The van der Waals surface area contributed by atoms with E-state index in [0.717, 1.165) is 4.90 Å². The molecule has 0 radical (unpaired) electrons. The van der Waals surface area contributed by atoms with Crippen LogP contribution in [0.15, 0.2) is 23.2 Å². The minimum absolute atomic E-state index is 0.674. The molecule has 9 heavy (non-hydrogen) atoms. The van der Waals surface area contributed by atoms with Crippen molar-refractivity contribution in [3.05, 3.63) is 23.0 Å². The maximum atomic E-state index is 8.49. The molecular weight excluding hydrogens is 154 g/mol. The van der Waals surface area contributed by atoms with Gasteiger partial charge in [-0.25, -0.2) is 0 Å². The highest BCUT2D eigenvalue weighted by molar-refractivity contribution is 7.93. The van der Waals surface area contributed by atoms with Crippen LogP contribution >= 0.6 is 24.3 Å². The van der Waals surface area contributed by atoms with Crippen molar-refractivity contribution in [3.8, 4) is 0 Å². The van der Waals surface area contributed by atoms with Crippen molar-refractivity contribution in [2.75, 3.05) is 0 Å². The lowest BCUT2D eigenvalue weighted by Crippen LogP contribution is -1.72. The summed E-state index contributed by atoms with van der Waals surface area (Å²) in [5.41, 5.74) is 0. The van der Waals surface area contributed by atoms with Crippen LogP contribution in [0.1, 0.15) is 0 Å². The van der Waals surface area contributed by atoms with Crippen LogP contribution in [0.3, 0.4) is 0 Å². The zero-order chi connectivity index (χ0) is 6.69. The first kappa shape index (κ1) is 6.80. The van der Waals surface area contributed by atoms with Gasteiger partial charge in [-0.15, -0.1) is 0 Å². The van der Waals surface area contributed by atoms with Crippen molar-refractivity contribution in [2.24, 2.45) is 0 Å². The van der Waals surface area contributed by atoms with Gasteiger partial charge in [0.2, 0.25) is 0 Å². The quantitative estimate of drug-likeness (QED) is 0.487. The molecule has 48 valence electrons. The molecule has 1 rings (SSSR count). The van der Waals surface area contributed by atoms with Gasteiger partial charge in [-0.2, -0.15) is 0 Å². The average Bonchev–Trinajstić information content (AvgIpc) is 1.90. The van der Waals surface area contributed by atoms with E-state index in [1.165, 1.54) is 0 Å². The Balaban J connectivity index is 3.02. The molecule has 2 nitrogen and oxygen atoms in total. The Kier molecular flexibility index (Phi) is 2.27. The van der Waals surface area contributed by atoms with Crippen LogP contribution in [0.2, 0.25) is 0 Å². The Hall–Kier alpha value is -0.320. The third kappa shape index (κ3) is 1.82. The molecule has 0 aliphatic carbocycles. The first-order valence-corrected chi connectivity index (χ1v) is 3.51. The van der Waals surface area contributed by atoms with Crippen molar-refractivity contribution in [1.82, 2.24) is 4.98 Å². The molecule has 0 aliphatic heterocycles. The normalized spacial score (nSPS) is 9.44. The summed E-state index contributed by atoms with van der Waals surface area (Å²) in [6, 6.07) is 3.48. The van der Waals surface area contributed by atoms with E-state index in [0.29, 0.717) is 16.7 Å². The van der Waals surface area contributed by atoms with Crippen LogP contribution in [-0.2, 0) is 0 Å². The van der Waals surface area contributed by atoms with E-state index in [4.69, 9.17) is 16.8 Å². The van der Waals surface area contributed by atoms with Crippen LogP contribution < -0.4 is 0 Å². The zero-order valence-electron chi connectivity index (χ0n) is 4.50. The second kappa shape index (κ2) is 3.00. The molecule has 0 amide bonds. The van der Waals surface area contributed by atoms with Gasteiger partial charge in [-0.3, -0.25) is 0 Å². The van der Waals surface area contributed by atoms with Gasteiger partial charge in [0, 0.05) is 18.2 Å². The number of aromatic nitrogens is 1. The van der Waals surface area contributed by atoms with E-state index < -0.39 is 0 Å². The molecule has 1 aromatic heterocycles. The van der Waals surface area contributed by atoms with E-state index in [-0.39, 0.29) is 0 Å². The smallest absolute Gasteiger partial charge is 0.103 e. The third-order valence-corrected chi connectivity index (χ3v) is 1.58. The highest BCUT2D eigenvalue weighted by atomic mass is 32.2. The predicted molar refractivity (Wildman–Crippen MR) is 40.1 cm³/mol. The van der Waals surface area contributed by atoms with Crippen molar-refractivity contribution < 1.29 is 4.55 Å². The number of hydrogen-bond acceptors (Lipinski definition) is 3. The summed E-state index contributed by atoms with van der Waals surface area (Å²) in [6.07, 6.45) is 1.66. The third-order valence-electron chi connectivity index (χ3n) is 0.861. The van der Waals surface area contributed by atoms with E-state index in [9.17, 15) is 0 Å². The maximum Gasteiger partial charge on any atom is 0.103 e. The van der Waals surface area contributed by atoms with Gasteiger partial charge in [0.15, 0.2) is 0 Å². The number of hydrogen-bond donors (Lipinski definition) is 2. The first-order chi connectivity index (χ1) is 4.33. The maximum absolute atomic E-state index is 8.49.